The second-order valence-corrected chi connectivity index (χ2v) is 4.89. The Morgan fingerprint density at radius 3 is 2.39 bits per heavy atom. The summed E-state index contributed by atoms with van der Waals surface area (Å²) >= 11 is 0. The average Bonchev–Trinajstić information content (AvgIpc) is 2.38. The Bertz CT molecular complexity index is 373. The number of aliphatic carboxylic acids is 1. The van der Waals surface area contributed by atoms with Crippen LogP contribution in [0.15, 0.2) is 24.3 Å². The van der Waals surface area contributed by atoms with Crippen LogP contribution < -0.4 is 5.32 Å². The molecule has 2 N–H and O–H groups in total. The summed E-state index contributed by atoms with van der Waals surface area (Å²) in [7, 11) is 0. The summed E-state index contributed by atoms with van der Waals surface area (Å²) in [6.07, 6.45) is 1.78. The fourth-order valence-corrected chi connectivity index (χ4v) is 1.72. The molecule has 18 heavy (non-hydrogen) atoms. The van der Waals surface area contributed by atoms with Crippen molar-refractivity contribution < 1.29 is 9.90 Å². The van der Waals surface area contributed by atoms with Gasteiger partial charge in [-0.15, -0.1) is 0 Å². The number of nitrogens with one attached hydrogen (secondary N) is 1. The van der Waals surface area contributed by atoms with Crippen molar-refractivity contribution in [2.45, 2.75) is 39.5 Å². The Balaban J connectivity index is 2.42. The number of carboxylic acid groups (broad SMARTS) is 1. The summed E-state index contributed by atoms with van der Waals surface area (Å²) in [4.78, 5) is 10.7. The van der Waals surface area contributed by atoms with Crippen molar-refractivity contribution in [3.05, 3.63) is 29.8 Å². The van der Waals surface area contributed by atoms with E-state index in [1.165, 1.54) is 5.56 Å². The molecule has 2 unspecified atom stereocenters. The first-order chi connectivity index (χ1) is 8.54. The van der Waals surface area contributed by atoms with Crippen LogP contribution in [0.25, 0.3) is 0 Å². The van der Waals surface area contributed by atoms with Gasteiger partial charge in [-0.05, 0) is 36.5 Å². The third-order valence-electron chi connectivity index (χ3n) is 3.42. The summed E-state index contributed by atoms with van der Waals surface area (Å²) < 4.78 is 0. The Morgan fingerprint density at radius 1 is 1.28 bits per heavy atom. The largest absolute Gasteiger partial charge is 0.481 e. The minimum atomic E-state index is -0.732. The zero-order valence-corrected chi connectivity index (χ0v) is 11.4. The van der Waals surface area contributed by atoms with E-state index in [0.29, 0.717) is 18.9 Å². The Morgan fingerprint density at radius 2 is 1.89 bits per heavy atom. The molecule has 0 fully saturated rings. The van der Waals surface area contributed by atoms with Gasteiger partial charge in [-0.3, -0.25) is 4.79 Å². The lowest BCUT2D eigenvalue weighted by Gasteiger charge is -2.12. The SMILES string of the molecule is CCC(C)c1ccc(NCCC(C)C(=O)O)cc1. The van der Waals surface area contributed by atoms with Crippen molar-refractivity contribution in [3.8, 4) is 0 Å². The second-order valence-electron chi connectivity index (χ2n) is 4.89. The monoisotopic (exact) mass is 249 g/mol. The smallest absolute Gasteiger partial charge is 0.306 e. The maximum absolute atomic E-state index is 10.7. The molecule has 0 spiro atoms. The van der Waals surface area contributed by atoms with Gasteiger partial charge in [0.1, 0.15) is 0 Å². The van der Waals surface area contributed by atoms with Crippen LogP contribution in [-0.4, -0.2) is 17.6 Å². The third-order valence-corrected chi connectivity index (χ3v) is 3.42. The van der Waals surface area contributed by atoms with E-state index in [2.05, 4.69) is 43.4 Å². The maximum Gasteiger partial charge on any atom is 0.306 e. The molecule has 1 aromatic carbocycles. The molecule has 2 atom stereocenters. The highest BCUT2D eigenvalue weighted by Gasteiger charge is 2.09. The molecule has 3 heteroatoms. The quantitative estimate of drug-likeness (QED) is 0.774. The molecular formula is C15H23NO2. The van der Waals surface area contributed by atoms with Gasteiger partial charge >= 0.3 is 5.97 Å². The van der Waals surface area contributed by atoms with Crippen molar-refractivity contribution >= 4 is 11.7 Å². The van der Waals surface area contributed by atoms with Crippen molar-refractivity contribution in [2.24, 2.45) is 5.92 Å². The van der Waals surface area contributed by atoms with E-state index in [1.54, 1.807) is 6.92 Å². The normalized spacial score (nSPS) is 13.9. The van der Waals surface area contributed by atoms with Crippen molar-refractivity contribution in [1.82, 2.24) is 0 Å². The summed E-state index contributed by atoms with van der Waals surface area (Å²) in [5.74, 6) is -0.438. The van der Waals surface area contributed by atoms with E-state index in [0.717, 1.165) is 12.1 Å². The fourth-order valence-electron chi connectivity index (χ4n) is 1.72. The minimum absolute atomic E-state index is 0.295. The summed E-state index contributed by atoms with van der Waals surface area (Å²) in [6.45, 7) is 6.83. The van der Waals surface area contributed by atoms with Crippen molar-refractivity contribution in [2.75, 3.05) is 11.9 Å². The molecule has 0 aliphatic rings. The number of rotatable bonds is 7. The van der Waals surface area contributed by atoms with E-state index in [1.807, 2.05) is 0 Å². The molecule has 0 bridgehead atoms. The highest BCUT2D eigenvalue weighted by molar-refractivity contribution is 5.69. The lowest BCUT2D eigenvalue weighted by molar-refractivity contribution is -0.141. The molecule has 0 amide bonds. The molecule has 0 saturated heterocycles. The standard InChI is InChI=1S/C15H23NO2/c1-4-11(2)13-5-7-14(8-6-13)16-10-9-12(3)15(17)18/h5-8,11-12,16H,4,9-10H2,1-3H3,(H,17,18). The predicted molar refractivity (Wildman–Crippen MR) is 75.1 cm³/mol. The van der Waals surface area contributed by atoms with Crippen LogP contribution in [0, 0.1) is 5.92 Å². The van der Waals surface area contributed by atoms with Crippen LogP contribution in [0.2, 0.25) is 0 Å². The molecule has 0 aliphatic heterocycles. The van der Waals surface area contributed by atoms with Crippen LogP contribution >= 0.6 is 0 Å². The highest BCUT2D eigenvalue weighted by Crippen LogP contribution is 2.20. The van der Waals surface area contributed by atoms with Crippen LogP contribution in [0.3, 0.4) is 0 Å². The Hall–Kier alpha value is -1.51. The molecule has 1 aromatic rings. The van der Waals surface area contributed by atoms with E-state index in [4.69, 9.17) is 5.11 Å². The molecule has 100 valence electrons. The van der Waals surface area contributed by atoms with Gasteiger partial charge in [0.2, 0.25) is 0 Å². The molecule has 0 aromatic heterocycles. The Labute approximate surface area is 109 Å². The lowest BCUT2D eigenvalue weighted by Crippen LogP contribution is -2.14. The first-order valence-electron chi connectivity index (χ1n) is 6.61. The number of hydrogen-bond donors (Lipinski definition) is 2. The van der Waals surface area contributed by atoms with Crippen molar-refractivity contribution in [1.29, 1.82) is 0 Å². The first-order valence-corrected chi connectivity index (χ1v) is 6.61. The van der Waals surface area contributed by atoms with Crippen LogP contribution in [0.4, 0.5) is 5.69 Å². The molecule has 0 radical (unpaired) electrons. The molecule has 0 aliphatic carbocycles. The summed E-state index contributed by atoms with van der Waals surface area (Å²) in [6, 6.07) is 8.40. The van der Waals surface area contributed by atoms with Crippen molar-refractivity contribution in [3.63, 3.8) is 0 Å². The van der Waals surface area contributed by atoms with E-state index < -0.39 is 5.97 Å². The number of anilines is 1. The van der Waals surface area contributed by atoms with Crippen LogP contribution in [0.5, 0.6) is 0 Å². The molecule has 1 rings (SSSR count). The molecule has 3 nitrogen and oxygen atoms in total. The van der Waals surface area contributed by atoms with Gasteiger partial charge in [0, 0.05) is 12.2 Å². The van der Waals surface area contributed by atoms with Gasteiger partial charge < -0.3 is 10.4 Å². The molecule has 0 saturated carbocycles. The van der Waals surface area contributed by atoms with E-state index >= 15 is 0 Å². The topological polar surface area (TPSA) is 49.3 Å². The number of hydrogen-bond acceptors (Lipinski definition) is 2. The van der Waals surface area contributed by atoms with Crippen LogP contribution in [-0.2, 0) is 4.79 Å². The first kappa shape index (κ1) is 14.6. The third kappa shape index (κ3) is 4.40. The highest BCUT2D eigenvalue weighted by atomic mass is 16.4. The van der Waals surface area contributed by atoms with Gasteiger partial charge in [-0.1, -0.05) is 32.9 Å². The van der Waals surface area contributed by atoms with Crippen LogP contribution in [0.1, 0.15) is 45.1 Å². The summed E-state index contributed by atoms with van der Waals surface area (Å²) in [5, 5.41) is 12.0. The van der Waals surface area contributed by atoms with E-state index in [-0.39, 0.29) is 5.92 Å². The fraction of sp³-hybridized carbons (Fsp3) is 0.533. The maximum atomic E-state index is 10.7. The number of carboxylic acids is 1. The predicted octanol–water partition coefficient (Wildman–Crippen LogP) is 3.72. The summed E-state index contributed by atoms with van der Waals surface area (Å²) in [5.41, 5.74) is 2.40. The van der Waals surface area contributed by atoms with E-state index in [9.17, 15) is 4.79 Å². The minimum Gasteiger partial charge on any atom is -0.481 e. The van der Waals surface area contributed by atoms with Gasteiger partial charge in [0.15, 0.2) is 0 Å². The Kier molecular flexibility index (Phi) is 5.69. The van der Waals surface area contributed by atoms with Gasteiger partial charge in [-0.25, -0.2) is 0 Å². The zero-order valence-electron chi connectivity index (χ0n) is 11.4. The second kappa shape index (κ2) is 7.04. The zero-order chi connectivity index (χ0) is 13.5. The molecule has 0 heterocycles. The average molecular weight is 249 g/mol. The van der Waals surface area contributed by atoms with Gasteiger partial charge in [-0.2, -0.15) is 0 Å². The van der Waals surface area contributed by atoms with Gasteiger partial charge in [0.25, 0.3) is 0 Å². The number of carbonyl (C=O) groups is 1. The van der Waals surface area contributed by atoms with Gasteiger partial charge in [0.05, 0.1) is 5.92 Å². The lowest BCUT2D eigenvalue weighted by atomic mass is 9.98. The molecular weight excluding hydrogens is 226 g/mol. The number of benzene rings is 1.